The van der Waals surface area contributed by atoms with E-state index in [9.17, 15) is 9.59 Å². The normalized spacial score (nSPS) is 14.1. The van der Waals surface area contributed by atoms with E-state index in [1.807, 2.05) is 11.0 Å². The lowest BCUT2D eigenvalue weighted by atomic mass is 10.1. The highest BCUT2D eigenvalue weighted by Crippen LogP contribution is 2.08. The van der Waals surface area contributed by atoms with Gasteiger partial charge in [-0.15, -0.1) is 0 Å². The number of carbonyl (C=O) groups is 2. The Kier molecular flexibility index (Phi) is 6.94. The molecule has 0 unspecified atom stereocenters. The van der Waals surface area contributed by atoms with Gasteiger partial charge in [0.05, 0.1) is 6.54 Å². The van der Waals surface area contributed by atoms with Crippen LogP contribution in [0.15, 0.2) is 30.3 Å². The first-order valence-electron chi connectivity index (χ1n) is 8.34. The first-order valence-corrected chi connectivity index (χ1v) is 8.34. The molecule has 4 heteroatoms. The highest BCUT2D eigenvalue weighted by molar-refractivity contribution is 5.84. The molecule has 1 N–H and O–H groups in total. The van der Waals surface area contributed by atoms with Crippen LogP contribution in [0.5, 0.6) is 0 Å². The molecule has 0 aliphatic carbocycles. The number of nitrogens with one attached hydrogen (secondary N) is 1. The summed E-state index contributed by atoms with van der Waals surface area (Å²) in [5.74, 6) is 0.0437. The lowest BCUT2D eigenvalue weighted by molar-refractivity contribution is -0.132. The van der Waals surface area contributed by atoms with Crippen LogP contribution in [0.4, 0.5) is 0 Å². The van der Waals surface area contributed by atoms with Gasteiger partial charge < -0.3 is 10.2 Å². The van der Waals surface area contributed by atoms with Crippen molar-refractivity contribution in [3.8, 4) is 0 Å². The molecule has 1 aliphatic rings. The van der Waals surface area contributed by atoms with E-state index in [1.165, 1.54) is 5.56 Å². The molecule has 0 aromatic heterocycles. The second kappa shape index (κ2) is 9.23. The van der Waals surface area contributed by atoms with Crippen molar-refractivity contribution < 1.29 is 9.59 Å². The number of carbonyl (C=O) groups excluding carboxylic acids is 2. The number of hydrogen-bond acceptors (Lipinski definition) is 2. The Morgan fingerprint density at radius 2 is 1.73 bits per heavy atom. The van der Waals surface area contributed by atoms with Crippen LogP contribution in [0.1, 0.15) is 44.1 Å². The molecule has 2 rings (SSSR count). The maximum atomic E-state index is 11.8. The zero-order valence-corrected chi connectivity index (χ0v) is 13.2. The SMILES string of the molecule is O=C(CCCCCc1ccccc1)NCC(=O)N1CCCC1. The van der Waals surface area contributed by atoms with E-state index in [0.29, 0.717) is 6.42 Å². The summed E-state index contributed by atoms with van der Waals surface area (Å²) >= 11 is 0. The number of unbranched alkanes of at least 4 members (excludes halogenated alkanes) is 2. The monoisotopic (exact) mass is 302 g/mol. The topological polar surface area (TPSA) is 49.4 Å². The van der Waals surface area contributed by atoms with Crippen molar-refractivity contribution in [1.29, 1.82) is 0 Å². The molecule has 1 aromatic carbocycles. The Hall–Kier alpha value is -1.84. The molecule has 0 saturated carbocycles. The van der Waals surface area contributed by atoms with Gasteiger partial charge in [-0.25, -0.2) is 0 Å². The summed E-state index contributed by atoms with van der Waals surface area (Å²) < 4.78 is 0. The van der Waals surface area contributed by atoms with Crippen LogP contribution >= 0.6 is 0 Å². The van der Waals surface area contributed by atoms with E-state index in [0.717, 1.165) is 51.6 Å². The number of aryl methyl sites for hydroxylation is 1. The van der Waals surface area contributed by atoms with Crippen LogP contribution in [-0.2, 0) is 16.0 Å². The summed E-state index contributed by atoms with van der Waals surface area (Å²) in [7, 11) is 0. The van der Waals surface area contributed by atoms with Gasteiger partial charge >= 0.3 is 0 Å². The average Bonchev–Trinajstić information content (AvgIpc) is 3.08. The van der Waals surface area contributed by atoms with Gasteiger partial charge in [-0.05, 0) is 37.7 Å². The first kappa shape index (κ1) is 16.5. The van der Waals surface area contributed by atoms with Gasteiger partial charge in [0, 0.05) is 19.5 Å². The highest BCUT2D eigenvalue weighted by atomic mass is 16.2. The largest absolute Gasteiger partial charge is 0.347 e. The minimum Gasteiger partial charge on any atom is -0.347 e. The minimum atomic E-state index is -0.00717. The molecule has 1 fully saturated rings. The number of nitrogens with zero attached hydrogens (tertiary/aromatic N) is 1. The number of benzene rings is 1. The van der Waals surface area contributed by atoms with Crippen LogP contribution in [0.2, 0.25) is 0 Å². The standard InChI is InChI=1S/C18H26N2O2/c21-17(19-15-18(22)20-13-7-8-14-20)12-6-2-5-11-16-9-3-1-4-10-16/h1,3-4,9-10H,2,5-8,11-15H2,(H,19,21). The second-order valence-electron chi connectivity index (χ2n) is 5.91. The molecule has 0 radical (unpaired) electrons. The molecule has 4 nitrogen and oxygen atoms in total. The number of hydrogen-bond donors (Lipinski definition) is 1. The van der Waals surface area contributed by atoms with Gasteiger partial charge in [-0.1, -0.05) is 36.8 Å². The third kappa shape index (κ3) is 5.88. The predicted octanol–water partition coefficient (Wildman–Crippen LogP) is 2.53. The van der Waals surface area contributed by atoms with E-state index in [2.05, 4.69) is 29.6 Å². The Morgan fingerprint density at radius 1 is 1.00 bits per heavy atom. The molecule has 1 aliphatic heterocycles. The van der Waals surface area contributed by atoms with Gasteiger partial charge in [0.1, 0.15) is 0 Å². The summed E-state index contributed by atoms with van der Waals surface area (Å²) in [6.45, 7) is 1.84. The predicted molar refractivity (Wildman–Crippen MR) is 87.4 cm³/mol. The Balaban J connectivity index is 1.49. The zero-order valence-electron chi connectivity index (χ0n) is 13.2. The van der Waals surface area contributed by atoms with Gasteiger partial charge in [-0.3, -0.25) is 9.59 Å². The fourth-order valence-electron chi connectivity index (χ4n) is 2.78. The van der Waals surface area contributed by atoms with Crippen molar-refractivity contribution in [2.24, 2.45) is 0 Å². The summed E-state index contributed by atoms with van der Waals surface area (Å²) in [5, 5.41) is 2.74. The Morgan fingerprint density at radius 3 is 2.45 bits per heavy atom. The van der Waals surface area contributed by atoms with Crippen molar-refractivity contribution in [3.63, 3.8) is 0 Å². The summed E-state index contributed by atoms with van der Waals surface area (Å²) in [4.78, 5) is 25.3. The van der Waals surface area contributed by atoms with E-state index >= 15 is 0 Å². The molecule has 120 valence electrons. The number of amides is 2. The third-order valence-electron chi connectivity index (χ3n) is 4.11. The molecule has 1 aromatic rings. The van der Waals surface area contributed by atoms with Gasteiger partial charge in [0.15, 0.2) is 0 Å². The van der Waals surface area contributed by atoms with Crippen LogP contribution < -0.4 is 5.32 Å². The van der Waals surface area contributed by atoms with Crippen molar-refractivity contribution in [3.05, 3.63) is 35.9 Å². The maximum Gasteiger partial charge on any atom is 0.241 e. The molecule has 0 bridgehead atoms. The van der Waals surface area contributed by atoms with E-state index < -0.39 is 0 Å². The van der Waals surface area contributed by atoms with Crippen molar-refractivity contribution in [2.45, 2.75) is 44.9 Å². The van der Waals surface area contributed by atoms with E-state index in [1.54, 1.807) is 0 Å². The molecular formula is C18H26N2O2. The lowest BCUT2D eigenvalue weighted by Crippen LogP contribution is -2.38. The molecule has 22 heavy (non-hydrogen) atoms. The zero-order chi connectivity index (χ0) is 15.6. The van der Waals surface area contributed by atoms with E-state index in [-0.39, 0.29) is 18.4 Å². The summed E-state index contributed by atoms with van der Waals surface area (Å²) in [5.41, 5.74) is 1.35. The second-order valence-corrected chi connectivity index (χ2v) is 5.91. The fraction of sp³-hybridized carbons (Fsp3) is 0.556. The summed E-state index contributed by atoms with van der Waals surface area (Å²) in [6.07, 6.45) is 6.78. The molecule has 1 heterocycles. The molecule has 0 atom stereocenters. The average molecular weight is 302 g/mol. The quantitative estimate of drug-likeness (QED) is 0.750. The number of likely N-dealkylation sites (tertiary alicyclic amines) is 1. The molecule has 0 spiro atoms. The summed E-state index contributed by atoms with van der Waals surface area (Å²) in [6, 6.07) is 10.4. The molecule has 1 saturated heterocycles. The lowest BCUT2D eigenvalue weighted by Gasteiger charge is -2.15. The Labute approximate surface area is 132 Å². The van der Waals surface area contributed by atoms with Crippen LogP contribution in [0.3, 0.4) is 0 Å². The van der Waals surface area contributed by atoms with Crippen molar-refractivity contribution in [2.75, 3.05) is 19.6 Å². The van der Waals surface area contributed by atoms with Gasteiger partial charge in [0.2, 0.25) is 11.8 Å². The van der Waals surface area contributed by atoms with Crippen LogP contribution in [-0.4, -0.2) is 36.3 Å². The van der Waals surface area contributed by atoms with Gasteiger partial charge in [-0.2, -0.15) is 0 Å². The molecule has 2 amide bonds. The van der Waals surface area contributed by atoms with Crippen LogP contribution in [0, 0.1) is 0 Å². The fourth-order valence-corrected chi connectivity index (χ4v) is 2.78. The van der Waals surface area contributed by atoms with Crippen LogP contribution in [0.25, 0.3) is 0 Å². The maximum absolute atomic E-state index is 11.8. The molecular weight excluding hydrogens is 276 g/mol. The van der Waals surface area contributed by atoms with Crippen molar-refractivity contribution >= 4 is 11.8 Å². The van der Waals surface area contributed by atoms with E-state index in [4.69, 9.17) is 0 Å². The first-order chi connectivity index (χ1) is 10.8. The minimum absolute atomic E-state index is 0.00717. The third-order valence-corrected chi connectivity index (χ3v) is 4.11. The highest BCUT2D eigenvalue weighted by Gasteiger charge is 2.17. The van der Waals surface area contributed by atoms with Crippen molar-refractivity contribution in [1.82, 2.24) is 10.2 Å². The van der Waals surface area contributed by atoms with Gasteiger partial charge in [0.25, 0.3) is 0 Å². The Bertz CT molecular complexity index is 467. The smallest absolute Gasteiger partial charge is 0.241 e. The number of rotatable bonds is 8.